The van der Waals surface area contributed by atoms with Crippen LogP contribution >= 0.6 is 0 Å². The van der Waals surface area contributed by atoms with Crippen molar-refractivity contribution in [3.63, 3.8) is 0 Å². The van der Waals surface area contributed by atoms with E-state index in [1.165, 1.54) is 23.7 Å². The smallest absolute Gasteiger partial charge is 0.228 e. The standard InChI is InChI=1S/C15H15N3O/c1-2-4-13-11(3-1)7-9-18(13)10-8-14-16-15(17-19-14)12-5-6-12/h1-4,7,9,12H,5-6,8,10H2. The molecule has 0 aliphatic heterocycles. The summed E-state index contributed by atoms with van der Waals surface area (Å²) >= 11 is 0. The van der Waals surface area contributed by atoms with Crippen LogP contribution in [0.4, 0.5) is 0 Å². The molecule has 1 saturated carbocycles. The van der Waals surface area contributed by atoms with Crippen LogP contribution in [0.5, 0.6) is 0 Å². The van der Waals surface area contributed by atoms with Crippen LogP contribution in [-0.2, 0) is 13.0 Å². The number of hydrogen-bond donors (Lipinski definition) is 0. The summed E-state index contributed by atoms with van der Waals surface area (Å²) in [6.07, 6.45) is 5.32. The molecule has 0 amide bonds. The summed E-state index contributed by atoms with van der Waals surface area (Å²) in [5.74, 6) is 2.21. The number of hydrogen-bond acceptors (Lipinski definition) is 3. The lowest BCUT2D eigenvalue weighted by atomic mass is 10.2. The van der Waals surface area contributed by atoms with E-state index < -0.39 is 0 Å². The van der Waals surface area contributed by atoms with Crippen molar-refractivity contribution in [1.82, 2.24) is 14.7 Å². The Morgan fingerprint density at radius 2 is 2.11 bits per heavy atom. The van der Waals surface area contributed by atoms with Gasteiger partial charge in [-0.1, -0.05) is 23.4 Å². The lowest BCUT2D eigenvalue weighted by molar-refractivity contribution is 0.367. The quantitative estimate of drug-likeness (QED) is 0.717. The molecule has 1 aliphatic rings. The van der Waals surface area contributed by atoms with E-state index in [-0.39, 0.29) is 0 Å². The Morgan fingerprint density at radius 1 is 1.21 bits per heavy atom. The van der Waals surface area contributed by atoms with Gasteiger partial charge in [0.05, 0.1) is 0 Å². The third kappa shape index (κ3) is 2.03. The van der Waals surface area contributed by atoms with Crippen LogP contribution in [0.3, 0.4) is 0 Å². The van der Waals surface area contributed by atoms with Gasteiger partial charge in [-0.05, 0) is 30.4 Å². The first kappa shape index (κ1) is 10.8. The number of benzene rings is 1. The highest BCUT2D eigenvalue weighted by Crippen LogP contribution is 2.38. The summed E-state index contributed by atoms with van der Waals surface area (Å²) in [5, 5.41) is 5.32. The minimum Gasteiger partial charge on any atom is -0.347 e. The average molecular weight is 253 g/mol. The summed E-state index contributed by atoms with van der Waals surface area (Å²) in [7, 11) is 0. The Morgan fingerprint density at radius 3 is 3.00 bits per heavy atom. The fourth-order valence-corrected chi connectivity index (χ4v) is 2.43. The molecule has 2 heterocycles. The zero-order valence-electron chi connectivity index (χ0n) is 10.6. The van der Waals surface area contributed by atoms with Crippen LogP contribution in [0.15, 0.2) is 41.1 Å². The fourth-order valence-electron chi connectivity index (χ4n) is 2.43. The predicted octanol–water partition coefficient (Wildman–Crippen LogP) is 3.14. The first-order valence-corrected chi connectivity index (χ1v) is 6.76. The highest BCUT2D eigenvalue weighted by atomic mass is 16.5. The summed E-state index contributed by atoms with van der Waals surface area (Å²) < 4.78 is 7.53. The van der Waals surface area contributed by atoms with Gasteiger partial charge in [0.25, 0.3) is 0 Å². The molecule has 0 unspecified atom stereocenters. The van der Waals surface area contributed by atoms with Crippen molar-refractivity contribution < 1.29 is 4.52 Å². The summed E-state index contributed by atoms with van der Waals surface area (Å²) in [5.41, 5.74) is 1.25. The van der Waals surface area contributed by atoms with E-state index >= 15 is 0 Å². The molecule has 4 rings (SSSR count). The van der Waals surface area contributed by atoms with Crippen LogP contribution in [0.25, 0.3) is 10.9 Å². The Hall–Kier alpha value is -2.10. The molecule has 0 N–H and O–H groups in total. The number of aromatic nitrogens is 3. The second-order valence-electron chi connectivity index (χ2n) is 5.14. The molecule has 19 heavy (non-hydrogen) atoms. The Kier molecular flexibility index (Phi) is 2.40. The normalized spacial score (nSPS) is 15.2. The predicted molar refractivity (Wildman–Crippen MR) is 71.9 cm³/mol. The maximum atomic E-state index is 5.30. The number of rotatable bonds is 4. The molecule has 0 bridgehead atoms. The monoisotopic (exact) mass is 253 g/mol. The van der Waals surface area contributed by atoms with E-state index in [9.17, 15) is 0 Å². The first-order valence-electron chi connectivity index (χ1n) is 6.76. The van der Waals surface area contributed by atoms with Gasteiger partial charge in [-0.15, -0.1) is 0 Å². The molecule has 3 aromatic rings. The Labute approximate surface area is 111 Å². The van der Waals surface area contributed by atoms with Gasteiger partial charge in [0.15, 0.2) is 5.82 Å². The molecule has 2 aromatic heterocycles. The molecule has 4 heteroatoms. The van der Waals surface area contributed by atoms with Crippen LogP contribution < -0.4 is 0 Å². The zero-order valence-corrected chi connectivity index (χ0v) is 10.6. The van der Waals surface area contributed by atoms with Crippen LogP contribution in [0.2, 0.25) is 0 Å². The Bertz CT molecular complexity index is 709. The van der Waals surface area contributed by atoms with E-state index in [1.807, 2.05) is 0 Å². The van der Waals surface area contributed by atoms with Crippen molar-refractivity contribution >= 4 is 10.9 Å². The SMILES string of the molecule is c1ccc2c(c1)ccn2CCc1nc(C2CC2)no1. The average Bonchev–Trinajstić information content (AvgIpc) is 3.05. The van der Waals surface area contributed by atoms with Crippen molar-refractivity contribution in [1.29, 1.82) is 0 Å². The highest BCUT2D eigenvalue weighted by molar-refractivity contribution is 5.79. The van der Waals surface area contributed by atoms with Gasteiger partial charge in [-0.25, -0.2) is 0 Å². The van der Waals surface area contributed by atoms with Crippen LogP contribution in [-0.4, -0.2) is 14.7 Å². The molecular formula is C15H15N3O. The molecule has 0 atom stereocenters. The van der Waals surface area contributed by atoms with Gasteiger partial charge in [0.2, 0.25) is 5.89 Å². The van der Waals surface area contributed by atoms with Crippen molar-refractivity contribution in [2.45, 2.75) is 31.7 Å². The lowest BCUT2D eigenvalue weighted by Gasteiger charge is -2.02. The minimum absolute atomic E-state index is 0.560. The number of para-hydroxylation sites is 1. The molecule has 1 aliphatic carbocycles. The van der Waals surface area contributed by atoms with Crippen molar-refractivity contribution in [3.8, 4) is 0 Å². The van der Waals surface area contributed by atoms with Crippen molar-refractivity contribution in [2.75, 3.05) is 0 Å². The topological polar surface area (TPSA) is 43.9 Å². The number of nitrogens with zero attached hydrogens (tertiary/aromatic N) is 3. The third-order valence-electron chi connectivity index (χ3n) is 3.67. The summed E-state index contributed by atoms with van der Waals surface area (Å²) in [6, 6.07) is 10.5. The molecule has 0 saturated heterocycles. The van der Waals surface area contributed by atoms with E-state index in [0.29, 0.717) is 5.92 Å². The summed E-state index contributed by atoms with van der Waals surface area (Å²) in [4.78, 5) is 4.46. The minimum atomic E-state index is 0.560. The maximum Gasteiger partial charge on any atom is 0.228 e. The van der Waals surface area contributed by atoms with Gasteiger partial charge in [0, 0.05) is 30.6 Å². The van der Waals surface area contributed by atoms with E-state index in [2.05, 4.69) is 51.2 Å². The fraction of sp³-hybridized carbons (Fsp3) is 0.333. The van der Waals surface area contributed by atoms with Gasteiger partial charge in [-0.2, -0.15) is 4.98 Å². The molecule has 1 fully saturated rings. The second-order valence-corrected chi connectivity index (χ2v) is 5.14. The van der Waals surface area contributed by atoms with Gasteiger partial charge in [-0.3, -0.25) is 0 Å². The van der Waals surface area contributed by atoms with E-state index in [1.54, 1.807) is 0 Å². The molecule has 1 aromatic carbocycles. The first-order chi connectivity index (χ1) is 9.40. The number of aryl methyl sites for hydroxylation is 2. The molecule has 96 valence electrons. The molecular weight excluding hydrogens is 238 g/mol. The third-order valence-corrected chi connectivity index (χ3v) is 3.67. The van der Waals surface area contributed by atoms with Crippen molar-refractivity contribution in [3.05, 3.63) is 48.2 Å². The molecule has 4 nitrogen and oxygen atoms in total. The largest absolute Gasteiger partial charge is 0.347 e. The summed E-state index contributed by atoms with van der Waals surface area (Å²) in [6.45, 7) is 0.875. The Balaban J connectivity index is 1.51. The van der Waals surface area contributed by atoms with E-state index in [4.69, 9.17) is 4.52 Å². The second kappa shape index (κ2) is 4.23. The zero-order chi connectivity index (χ0) is 12.7. The number of fused-ring (bicyclic) bond motifs is 1. The highest BCUT2D eigenvalue weighted by Gasteiger charge is 2.28. The maximum absolute atomic E-state index is 5.30. The van der Waals surface area contributed by atoms with Gasteiger partial charge >= 0.3 is 0 Å². The van der Waals surface area contributed by atoms with Gasteiger partial charge in [0.1, 0.15) is 0 Å². The lowest BCUT2D eigenvalue weighted by Crippen LogP contribution is -2.00. The molecule has 0 spiro atoms. The molecule has 0 radical (unpaired) electrons. The van der Waals surface area contributed by atoms with E-state index in [0.717, 1.165) is 24.7 Å². The van der Waals surface area contributed by atoms with Gasteiger partial charge < -0.3 is 9.09 Å². The van der Waals surface area contributed by atoms with Crippen LogP contribution in [0, 0.1) is 0 Å². The van der Waals surface area contributed by atoms with Crippen molar-refractivity contribution in [2.24, 2.45) is 0 Å². The van der Waals surface area contributed by atoms with Crippen LogP contribution in [0.1, 0.15) is 30.5 Å².